The van der Waals surface area contributed by atoms with E-state index in [9.17, 15) is 0 Å². The lowest BCUT2D eigenvalue weighted by molar-refractivity contribution is 0.571. The molecule has 0 saturated carbocycles. The van der Waals surface area contributed by atoms with Gasteiger partial charge in [0.1, 0.15) is 11.6 Å². The summed E-state index contributed by atoms with van der Waals surface area (Å²) in [6, 6.07) is 5.78. The highest BCUT2D eigenvalue weighted by Gasteiger charge is 2.22. The summed E-state index contributed by atoms with van der Waals surface area (Å²) < 4.78 is 0. The van der Waals surface area contributed by atoms with Gasteiger partial charge in [-0.05, 0) is 37.5 Å². The fourth-order valence-electron chi connectivity index (χ4n) is 3.52. The van der Waals surface area contributed by atoms with Gasteiger partial charge in [0.25, 0.3) is 0 Å². The number of hydrogen-bond donors (Lipinski definition) is 0. The van der Waals surface area contributed by atoms with Crippen molar-refractivity contribution >= 4 is 29.2 Å². The van der Waals surface area contributed by atoms with Crippen molar-refractivity contribution in [2.75, 3.05) is 54.0 Å². The van der Waals surface area contributed by atoms with E-state index in [1.54, 1.807) is 6.20 Å². The fourth-order valence-corrected chi connectivity index (χ4v) is 3.76. The molecule has 0 aromatic carbocycles. The SMILES string of the molecule is Clc1cccnc1N1CCN(c2nccc(N3CCCCC3)n2)CC1. The van der Waals surface area contributed by atoms with Gasteiger partial charge in [0.05, 0.1) is 5.02 Å². The standard InChI is InChI=1S/C18H23ClN6/c19-15-5-4-7-20-17(15)24-11-13-25(14-12-24)18-21-8-6-16(22-18)23-9-2-1-3-10-23/h4-8H,1-3,9-14H2. The Balaban J connectivity index is 1.43. The molecule has 6 nitrogen and oxygen atoms in total. The smallest absolute Gasteiger partial charge is 0.227 e. The molecule has 4 heterocycles. The van der Waals surface area contributed by atoms with E-state index in [0.29, 0.717) is 5.02 Å². The minimum absolute atomic E-state index is 0.708. The van der Waals surface area contributed by atoms with Crippen LogP contribution < -0.4 is 14.7 Å². The topological polar surface area (TPSA) is 48.4 Å². The van der Waals surface area contributed by atoms with Crippen LogP contribution in [0.5, 0.6) is 0 Å². The van der Waals surface area contributed by atoms with Crippen molar-refractivity contribution in [1.29, 1.82) is 0 Å². The third-order valence-electron chi connectivity index (χ3n) is 4.91. The van der Waals surface area contributed by atoms with Crippen LogP contribution in [0.4, 0.5) is 17.6 Å². The first-order chi connectivity index (χ1) is 12.3. The van der Waals surface area contributed by atoms with E-state index >= 15 is 0 Å². The molecule has 0 N–H and O–H groups in total. The van der Waals surface area contributed by atoms with Crippen molar-refractivity contribution in [2.45, 2.75) is 19.3 Å². The molecule has 2 aromatic rings. The quantitative estimate of drug-likeness (QED) is 0.840. The number of nitrogens with zero attached hydrogens (tertiary/aromatic N) is 6. The number of halogens is 1. The van der Waals surface area contributed by atoms with Crippen LogP contribution in [0, 0.1) is 0 Å². The Morgan fingerprint density at radius 1 is 0.760 bits per heavy atom. The molecule has 0 atom stereocenters. The predicted octanol–water partition coefficient (Wildman–Crippen LogP) is 2.84. The summed E-state index contributed by atoms with van der Waals surface area (Å²) in [7, 11) is 0. The van der Waals surface area contributed by atoms with Gasteiger partial charge in [0.2, 0.25) is 5.95 Å². The molecule has 25 heavy (non-hydrogen) atoms. The Morgan fingerprint density at radius 3 is 2.28 bits per heavy atom. The Hall–Kier alpha value is -2.08. The maximum absolute atomic E-state index is 6.27. The van der Waals surface area contributed by atoms with Crippen LogP contribution in [0.25, 0.3) is 0 Å². The summed E-state index contributed by atoms with van der Waals surface area (Å²) in [5, 5.41) is 0.708. The molecule has 2 aromatic heterocycles. The number of piperidine rings is 1. The Kier molecular flexibility index (Phi) is 4.88. The van der Waals surface area contributed by atoms with E-state index in [4.69, 9.17) is 16.6 Å². The minimum Gasteiger partial charge on any atom is -0.356 e. The molecular formula is C18H23ClN6. The first kappa shape index (κ1) is 16.4. The van der Waals surface area contributed by atoms with Crippen molar-refractivity contribution in [3.63, 3.8) is 0 Å². The average molecular weight is 359 g/mol. The molecule has 2 saturated heterocycles. The van der Waals surface area contributed by atoms with E-state index in [1.807, 2.05) is 24.4 Å². The molecule has 2 aliphatic rings. The highest BCUT2D eigenvalue weighted by Crippen LogP contribution is 2.25. The van der Waals surface area contributed by atoms with E-state index in [-0.39, 0.29) is 0 Å². The summed E-state index contributed by atoms with van der Waals surface area (Å²) in [5.41, 5.74) is 0. The number of rotatable bonds is 3. The van der Waals surface area contributed by atoms with Crippen molar-refractivity contribution in [3.05, 3.63) is 35.6 Å². The highest BCUT2D eigenvalue weighted by atomic mass is 35.5. The van der Waals surface area contributed by atoms with Crippen molar-refractivity contribution in [1.82, 2.24) is 15.0 Å². The molecule has 2 aliphatic heterocycles. The molecule has 0 amide bonds. The monoisotopic (exact) mass is 358 g/mol. The van der Waals surface area contributed by atoms with E-state index in [2.05, 4.69) is 24.7 Å². The van der Waals surface area contributed by atoms with Gasteiger partial charge in [-0.2, -0.15) is 4.98 Å². The van der Waals surface area contributed by atoms with Gasteiger partial charge in [-0.3, -0.25) is 0 Å². The lowest BCUT2D eigenvalue weighted by atomic mass is 10.1. The maximum Gasteiger partial charge on any atom is 0.227 e. The summed E-state index contributed by atoms with van der Waals surface area (Å²) in [6.07, 6.45) is 7.51. The van der Waals surface area contributed by atoms with Gasteiger partial charge in [0.15, 0.2) is 0 Å². The van der Waals surface area contributed by atoms with Crippen molar-refractivity contribution in [3.8, 4) is 0 Å². The van der Waals surface area contributed by atoms with Crippen LogP contribution in [0.2, 0.25) is 5.02 Å². The second-order valence-corrected chi connectivity index (χ2v) is 6.95. The van der Waals surface area contributed by atoms with Gasteiger partial charge < -0.3 is 14.7 Å². The summed E-state index contributed by atoms with van der Waals surface area (Å²) in [5.74, 6) is 2.75. The normalized spacial score (nSPS) is 18.5. The zero-order valence-corrected chi connectivity index (χ0v) is 15.1. The summed E-state index contributed by atoms with van der Waals surface area (Å²) in [4.78, 5) is 20.6. The molecule has 0 radical (unpaired) electrons. The first-order valence-corrected chi connectivity index (χ1v) is 9.37. The summed E-state index contributed by atoms with van der Waals surface area (Å²) >= 11 is 6.27. The Morgan fingerprint density at radius 2 is 1.52 bits per heavy atom. The maximum atomic E-state index is 6.27. The van der Waals surface area contributed by atoms with Crippen LogP contribution in [-0.4, -0.2) is 54.2 Å². The van der Waals surface area contributed by atoms with Crippen LogP contribution in [-0.2, 0) is 0 Å². The molecule has 0 aliphatic carbocycles. The molecule has 132 valence electrons. The lowest BCUT2D eigenvalue weighted by Gasteiger charge is -2.36. The molecule has 2 fully saturated rings. The van der Waals surface area contributed by atoms with Crippen LogP contribution in [0.1, 0.15) is 19.3 Å². The van der Waals surface area contributed by atoms with E-state index < -0.39 is 0 Å². The second-order valence-electron chi connectivity index (χ2n) is 6.55. The lowest BCUT2D eigenvalue weighted by Crippen LogP contribution is -2.47. The molecule has 0 bridgehead atoms. The fraction of sp³-hybridized carbons (Fsp3) is 0.500. The number of aromatic nitrogens is 3. The van der Waals surface area contributed by atoms with E-state index in [0.717, 1.165) is 56.9 Å². The highest BCUT2D eigenvalue weighted by molar-refractivity contribution is 6.32. The molecular weight excluding hydrogens is 336 g/mol. The largest absolute Gasteiger partial charge is 0.356 e. The number of pyridine rings is 1. The number of hydrogen-bond acceptors (Lipinski definition) is 6. The third kappa shape index (κ3) is 3.63. The Labute approximate surface area is 153 Å². The molecule has 0 unspecified atom stereocenters. The van der Waals surface area contributed by atoms with Gasteiger partial charge in [-0.1, -0.05) is 11.6 Å². The van der Waals surface area contributed by atoms with Gasteiger partial charge in [0, 0.05) is 51.7 Å². The molecule has 0 spiro atoms. The minimum atomic E-state index is 0.708. The third-order valence-corrected chi connectivity index (χ3v) is 5.20. The summed E-state index contributed by atoms with van der Waals surface area (Å²) in [6.45, 7) is 5.68. The predicted molar refractivity (Wildman–Crippen MR) is 102 cm³/mol. The van der Waals surface area contributed by atoms with Crippen molar-refractivity contribution < 1.29 is 0 Å². The number of piperazine rings is 1. The zero-order chi connectivity index (χ0) is 17.1. The number of anilines is 3. The van der Waals surface area contributed by atoms with Crippen LogP contribution in [0.3, 0.4) is 0 Å². The van der Waals surface area contributed by atoms with Crippen LogP contribution >= 0.6 is 11.6 Å². The van der Waals surface area contributed by atoms with Crippen LogP contribution in [0.15, 0.2) is 30.6 Å². The zero-order valence-electron chi connectivity index (χ0n) is 14.3. The van der Waals surface area contributed by atoms with E-state index in [1.165, 1.54) is 19.3 Å². The van der Waals surface area contributed by atoms with Gasteiger partial charge in [-0.15, -0.1) is 0 Å². The van der Waals surface area contributed by atoms with Crippen molar-refractivity contribution in [2.24, 2.45) is 0 Å². The van der Waals surface area contributed by atoms with Gasteiger partial charge in [-0.25, -0.2) is 9.97 Å². The molecule has 4 rings (SSSR count). The Bertz CT molecular complexity index is 710. The first-order valence-electron chi connectivity index (χ1n) is 9.00. The van der Waals surface area contributed by atoms with Gasteiger partial charge >= 0.3 is 0 Å². The second kappa shape index (κ2) is 7.44. The average Bonchev–Trinajstić information content (AvgIpc) is 2.69. The molecule has 7 heteroatoms.